The molecule has 9 heteroatoms. The standard InChI is InChI=1S/C21H20N4O5/c1-2-29-12-25-19(18(20(26)27)23-24-25)22-21(28)30-11-17-15-9-5-3-7-13(15)14-8-4-6-10-16(14)17/h3-10,17H,2,11-12H2,1H3,(H,22,28)(H,26,27). The molecule has 0 radical (unpaired) electrons. The number of ether oxygens (including phenoxy) is 2. The topological polar surface area (TPSA) is 116 Å². The Morgan fingerprint density at radius 3 is 2.33 bits per heavy atom. The van der Waals surface area contributed by atoms with Gasteiger partial charge in [0.2, 0.25) is 5.69 Å². The highest BCUT2D eigenvalue weighted by Gasteiger charge is 2.29. The van der Waals surface area contributed by atoms with Gasteiger partial charge >= 0.3 is 12.1 Å². The number of nitrogens with zero attached hydrogens (tertiary/aromatic N) is 3. The van der Waals surface area contributed by atoms with Crippen molar-refractivity contribution in [3.05, 3.63) is 65.4 Å². The number of amides is 1. The fraction of sp³-hybridized carbons (Fsp3) is 0.238. The largest absolute Gasteiger partial charge is 0.476 e. The lowest BCUT2D eigenvalue weighted by Crippen LogP contribution is -2.21. The first-order valence-corrected chi connectivity index (χ1v) is 9.46. The van der Waals surface area contributed by atoms with Crippen LogP contribution in [0.4, 0.5) is 10.6 Å². The molecule has 3 aromatic rings. The number of nitrogens with one attached hydrogen (secondary N) is 1. The Hall–Kier alpha value is -3.72. The van der Waals surface area contributed by atoms with Gasteiger partial charge in [-0.05, 0) is 29.2 Å². The number of carboxylic acids is 1. The van der Waals surface area contributed by atoms with Crippen molar-refractivity contribution < 1.29 is 24.2 Å². The van der Waals surface area contributed by atoms with Crippen molar-refractivity contribution in [1.82, 2.24) is 15.0 Å². The predicted molar refractivity (Wildman–Crippen MR) is 107 cm³/mol. The summed E-state index contributed by atoms with van der Waals surface area (Å²) >= 11 is 0. The van der Waals surface area contributed by atoms with E-state index < -0.39 is 12.1 Å². The Kier molecular flexibility index (Phi) is 5.44. The lowest BCUT2D eigenvalue weighted by atomic mass is 9.98. The van der Waals surface area contributed by atoms with Crippen LogP contribution < -0.4 is 5.32 Å². The normalized spacial score (nSPS) is 12.3. The predicted octanol–water partition coefficient (Wildman–Crippen LogP) is 3.33. The number of benzene rings is 2. The van der Waals surface area contributed by atoms with Crippen LogP contribution in [0.3, 0.4) is 0 Å². The molecule has 4 rings (SSSR count). The van der Waals surface area contributed by atoms with E-state index in [9.17, 15) is 14.7 Å². The number of aromatic nitrogens is 3. The fourth-order valence-electron chi connectivity index (χ4n) is 3.58. The third-order valence-corrected chi connectivity index (χ3v) is 4.92. The van der Waals surface area contributed by atoms with Gasteiger partial charge in [-0.25, -0.2) is 14.3 Å². The summed E-state index contributed by atoms with van der Waals surface area (Å²) in [6.45, 7) is 2.24. The molecule has 30 heavy (non-hydrogen) atoms. The van der Waals surface area contributed by atoms with Gasteiger partial charge in [0, 0.05) is 12.5 Å². The van der Waals surface area contributed by atoms with E-state index in [2.05, 4.69) is 15.6 Å². The molecule has 9 nitrogen and oxygen atoms in total. The maximum Gasteiger partial charge on any atom is 0.412 e. The van der Waals surface area contributed by atoms with E-state index >= 15 is 0 Å². The zero-order valence-corrected chi connectivity index (χ0v) is 16.2. The van der Waals surface area contributed by atoms with E-state index in [0.717, 1.165) is 26.9 Å². The second kappa shape index (κ2) is 8.34. The molecule has 0 saturated carbocycles. The molecule has 2 aromatic carbocycles. The number of carbonyl (C=O) groups is 2. The molecule has 154 valence electrons. The number of anilines is 1. The summed E-state index contributed by atoms with van der Waals surface area (Å²) in [6.07, 6.45) is -0.792. The zero-order valence-electron chi connectivity index (χ0n) is 16.2. The quantitative estimate of drug-likeness (QED) is 0.616. The Balaban J connectivity index is 1.50. The molecule has 2 N–H and O–H groups in total. The Morgan fingerprint density at radius 1 is 1.10 bits per heavy atom. The number of hydrogen-bond acceptors (Lipinski definition) is 6. The molecule has 0 atom stereocenters. The summed E-state index contributed by atoms with van der Waals surface area (Å²) in [5.41, 5.74) is 4.02. The Labute approximate surface area is 172 Å². The van der Waals surface area contributed by atoms with Crippen LogP contribution in [-0.2, 0) is 16.2 Å². The highest BCUT2D eigenvalue weighted by atomic mass is 16.5. The third kappa shape index (κ3) is 3.62. The molecule has 0 aliphatic heterocycles. The maximum absolute atomic E-state index is 12.5. The molecule has 1 heterocycles. The summed E-state index contributed by atoms with van der Waals surface area (Å²) in [4.78, 5) is 23.8. The number of carboxylic acid groups (broad SMARTS) is 1. The van der Waals surface area contributed by atoms with Crippen molar-refractivity contribution >= 4 is 17.9 Å². The average molecular weight is 408 g/mol. The van der Waals surface area contributed by atoms with Crippen LogP contribution in [-0.4, -0.2) is 45.4 Å². The van der Waals surface area contributed by atoms with E-state index in [0.29, 0.717) is 6.61 Å². The lowest BCUT2D eigenvalue weighted by molar-refractivity contribution is 0.0691. The molecule has 1 aliphatic rings. The molecule has 0 saturated heterocycles. The van der Waals surface area contributed by atoms with Crippen molar-refractivity contribution in [2.75, 3.05) is 18.5 Å². The van der Waals surface area contributed by atoms with Crippen LogP contribution in [0, 0.1) is 0 Å². The molecule has 0 bridgehead atoms. The van der Waals surface area contributed by atoms with Crippen molar-refractivity contribution in [1.29, 1.82) is 0 Å². The number of fused-ring (bicyclic) bond motifs is 3. The monoisotopic (exact) mass is 408 g/mol. The minimum absolute atomic E-state index is 0.0459. The number of hydrogen-bond donors (Lipinski definition) is 2. The molecule has 1 aromatic heterocycles. The van der Waals surface area contributed by atoms with Crippen molar-refractivity contribution in [3.63, 3.8) is 0 Å². The zero-order chi connectivity index (χ0) is 21.1. The molecule has 1 amide bonds. The second-order valence-corrected chi connectivity index (χ2v) is 6.66. The van der Waals surface area contributed by atoms with Crippen molar-refractivity contribution in [2.45, 2.75) is 19.6 Å². The molecule has 0 fully saturated rings. The van der Waals surface area contributed by atoms with Crippen molar-refractivity contribution in [3.8, 4) is 11.1 Å². The number of rotatable bonds is 7. The maximum atomic E-state index is 12.5. The van der Waals surface area contributed by atoms with Gasteiger partial charge in [-0.3, -0.25) is 5.32 Å². The van der Waals surface area contributed by atoms with Gasteiger partial charge in [-0.1, -0.05) is 53.7 Å². The van der Waals surface area contributed by atoms with Gasteiger partial charge in [-0.2, -0.15) is 0 Å². The first-order valence-electron chi connectivity index (χ1n) is 9.46. The lowest BCUT2D eigenvalue weighted by Gasteiger charge is -2.15. The minimum atomic E-state index is -1.31. The molecule has 0 unspecified atom stereocenters. The molecule has 1 aliphatic carbocycles. The van der Waals surface area contributed by atoms with Crippen LogP contribution in [0.5, 0.6) is 0 Å². The van der Waals surface area contributed by atoms with Gasteiger partial charge in [0.15, 0.2) is 5.82 Å². The summed E-state index contributed by atoms with van der Waals surface area (Å²) in [5, 5.41) is 19.0. The van der Waals surface area contributed by atoms with Gasteiger partial charge < -0.3 is 14.6 Å². The Bertz CT molecular complexity index is 1050. The van der Waals surface area contributed by atoms with Gasteiger partial charge in [-0.15, -0.1) is 5.10 Å². The highest BCUT2D eigenvalue weighted by molar-refractivity contribution is 5.95. The summed E-state index contributed by atoms with van der Waals surface area (Å²) in [5.74, 6) is -1.51. The van der Waals surface area contributed by atoms with Gasteiger partial charge in [0.1, 0.15) is 13.3 Å². The summed E-state index contributed by atoms with van der Waals surface area (Å²) < 4.78 is 11.8. The fourth-order valence-corrected chi connectivity index (χ4v) is 3.58. The average Bonchev–Trinajstić information content (AvgIpc) is 3.30. The summed E-state index contributed by atoms with van der Waals surface area (Å²) in [6, 6.07) is 16.0. The number of aromatic carboxylic acids is 1. The molecule has 0 spiro atoms. The van der Waals surface area contributed by atoms with Crippen LogP contribution >= 0.6 is 0 Å². The first-order chi connectivity index (χ1) is 14.6. The van der Waals surface area contributed by atoms with E-state index in [1.54, 1.807) is 6.92 Å². The summed E-state index contributed by atoms with van der Waals surface area (Å²) in [7, 11) is 0. The second-order valence-electron chi connectivity index (χ2n) is 6.66. The smallest absolute Gasteiger partial charge is 0.412 e. The van der Waals surface area contributed by atoms with E-state index in [-0.39, 0.29) is 30.8 Å². The van der Waals surface area contributed by atoms with Crippen LogP contribution in [0.1, 0.15) is 34.5 Å². The third-order valence-electron chi connectivity index (χ3n) is 4.92. The van der Waals surface area contributed by atoms with Gasteiger partial charge in [0.05, 0.1) is 0 Å². The van der Waals surface area contributed by atoms with E-state index in [1.165, 1.54) is 0 Å². The van der Waals surface area contributed by atoms with Crippen LogP contribution in [0.2, 0.25) is 0 Å². The highest BCUT2D eigenvalue weighted by Crippen LogP contribution is 2.44. The Morgan fingerprint density at radius 2 is 1.73 bits per heavy atom. The number of carbonyl (C=O) groups excluding carboxylic acids is 1. The van der Waals surface area contributed by atoms with E-state index in [1.807, 2.05) is 48.5 Å². The molecular weight excluding hydrogens is 388 g/mol. The van der Waals surface area contributed by atoms with Gasteiger partial charge in [0.25, 0.3) is 0 Å². The first kappa shape index (κ1) is 19.6. The SMILES string of the molecule is CCOCn1nnc(C(=O)O)c1NC(=O)OCC1c2ccccc2-c2ccccc21. The van der Waals surface area contributed by atoms with Crippen LogP contribution in [0.25, 0.3) is 11.1 Å². The van der Waals surface area contributed by atoms with E-state index in [4.69, 9.17) is 9.47 Å². The molecular formula is C21H20N4O5. The van der Waals surface area contributed by atoms with Crippen molar-refractivity contribution in [2.24, 2.45) is 0 Å². The van der Waals surface area contributed by atoms with Crippen LogP contribution in [0.15, 0.2) is 48.5 Å². The minimum Gasteiger partial charge on any atom is -0.476 e.